The Balaban J connectivity index is 2.07. The molecular weight excluding hydrogens is 264 g/mol. The molecule has 0 aromatic carbocycles. The molecule has 0 aliphatic rings. The monoisotopic (exact) mass is 278 g/mol. The summed E-state index contributed by atoms with van der Waals surface area (Å²) in [5, 5.41) is 18.0. The number of hydrogen-bond donors (Lipinski definition) is 1. The lowest BCUT2D eigenvalue weighted by Crippen LogP contribution is -2.09. The van der Waals surface area contributed by atoms with Crippen molar-refractivity contribution in [1.82, 2.24) is 19.7 Å². The number of methoxy groups -OCH3 is 1. The Kier molecular flexibility index (Phi) is 4.08. The second kappa shape index (κ2) is 5.95. The SMILES string of the molecule is COc1ncnc(NCCc2cnn(C)c2)c1[N+](=O)[O-]. The lowest BCUT2D eigenvalue weighted by Gasteiger charge is -2.06. The van der Waals surface area contributed by atoms with Crippen LogP contribution in [0.25, 0.3) is 0 Å². The molecule has 0 atom stereocenters. The minimum absolute atomic E-state index is 0.0612. The molecule has 0 saturated carbocycles. The fraction of sp³-hybridized carbons (Fsp3) is 0.364. The van der Waals surface area contributed by atoms with Crippen LogP contribution in [-0.4, -0.2) is 38.3 Å². The average Bonchev–Trinajstić information content (AvgIpc) is 2.83. The van der Waals surface area contributed by atoms with Crippen LogP contribution in [-0.2, 0) is 13.5 Å². The van der Waals surface area contributed by atoms with Crippen molar-refractivity contribution >= 4 is 11.5 Å². The maximum atomic E-state index is 11.0. The van der Waals surface area contributed by atoms with Crippen molar-refractivity contribution in [3.05, 3.63) is 34.4 Å². The van der Waals surface area contributed by atoms with Gasteiger partial charge in [-0.05, 0) is 12.0 Å². The molecule has 0 spiro atoms. The van der Waals surface area contributed by atoms with E-state index in [1.807, 2.05) is 13.2 Å². The second-order valence-electron chi connectivity index (χ2n) is 4.04. The van der Waals surface area contributed by atoms with E-state index in [2.05, 4.69) is 20.4 Å². The Morgan fingerprint density at radius 2 is 2.30 bits per heavy atom. The summed E-state index contributed by atoms with van der Waals surface area (Å²) in [6.45, 7) is 0.493. The van der Waals surface area contributed by atoms with Crippen LogP contribution in [0.2, 0.25) is 0 Å². The van der Waals surface area contributed by atoms with Crippen LogP contribution in [0.15, 0.2) is 18.7 Å². The topological polar surface area (TPSA) is 108 Å². The smallest absolute Gasteiger partial charge is 0.372 e. The highest BCUT2D eigenvalue weighted by Crippen LogP contribution is 2.30. The Bertz CT molecular complexity index is 612. The van der Waals surface area contributed by atoms with Gasteiger partial charge in [0, 0.05) is 19.8 Å². The van der Waals surface area contributed by atoms with Gasteiger partial charge in [-0.1, -0.05) is 0 Å². The Morgan fingerprint density at radius 3 is 2.90 bits per heavy atom. The number of nitrogens with one attached hydrogen (secondary N) is 1. The molecule has 0 aliphatic heterocycles. The number of aryl methyl sites for hydroxylation is 1. The van der Waals surface area contributed by atoms with E-state index in [1.54, 1.807) is 10.9 Å². The van der Waals surface area contributed by atoms with Gasteiger partial charge in [0.25, 0.3) is 5.88 Å². The number of nitro groups is 1. The maximum absolute atomic E-state index is 11.0. The quantitative estimate of drug-likeness (QED) is 0.614. The first-order chi connectivity index (χ1) is 9.61. The normalized spacial score (nSPS) is 10.3. The predicted octanol–water partition coefficient (Wildman–Crippen LogP) is 0.781. The molecule has 2 aromatic rings. The summed E-state index contributed by atoms with van der Waals surface area (Å²) in [5.41, 5.74) is 0.768. The number of ether oxygens (including phenoxy) is 1. The van der Waals surface area contributed by atoms with Gasteiger partial charge in [0.05, 0.1) is 18.2 Å². The Morgan fingerprint density at radius 1 is 1.50 bits per heavy atom. The number of anilines is 1. The van der Waals surface area contributed by atoms with E-state index in [0.717, 1.165) is 5.56 Å². The Labute approximate surface area is 114 Å². The number of nitrogens with zero attached hydrogens (tertiary/aromatic N) is 5. The standard InChI is InChI=1S/C11H14N6O3/c1-16-6-8(5-15-16)3-4-12-10-9(17(18)19)11(20-2)14-7-13-10/h5-7H,3-4H2,1-2H3,(H,12,13,14). The van der Waals surface area contributed by atoms with E-state index in [-0.39, 0.29) is 17.4 Å². The van der Waals surface area contributed by atoms with Crippen LogP contribution in [0.1, 0.15) is 5.56 Å². The third kappa shape index (κ3) is 2.99. The number of aromatic nitrogens is 4. The minimum atomic E-state index is -0.564. The van der Waals surface area contributed by atoms with Gasteiger partial charge >= 0.3 is 5.69 Å². The molecule has 9 nitrogen and oxygen atoms in total. The van der Waals surface area contributed by atoms with E-state index < -0.39 is 4.92 Å². The summed E-state index contributed by atoms with van der Waals surface area (Å²) in [6, 6.07) is 0. The first-order valence-electron chi connectivity index (χ1n) is 5.86. The van der Waals surface area contributed by atoms with Gasteiger partial charge in [-0.15, -0.1) is 0 Å². The third-order valence-electron chi connectivity index (χ3n) is 2.63. The first-order valence-corrected chi connectivity index (χ1v) is 5.86. The fourth-order valence-corrected chi connectivity index (χ4v) is 1.73. The van der Waals surface area contributed by atoms with Crippen LogP contribution in [0.3, 0.4) is 0 Å². The molecule has 0 amide bonds. The van der Waals surface area contributed by atoms with Crippen LogP contribution < -0.4 is 10.1 Å². The lowest BCUT2D eigenvalue weighted by molar-refractivity contribution is -0.385. The van der Waals surface area contributed by atoms with Gasteiger partial charge in [-0.25, -0.2) is 4.98 Å². The molecule has 0 bridgehead atoms. The average molecular weight is 278 g/mol. The third-order valence-corrected chi connectivity index (χ3v) is 2.63. The second-order valence-corrected chi connectivity index (χ2v) is 4.04. The molecule has 0 saturated heterocycles. The van der Waals surface area contributed by atoms with Gasteiger partial charge < -0.3 is 10.1 Å². The van der Waals surface area contributed by atoms with Crippen molar-refractivity contribution in [2.24, 2.45) is 7.05 Å². The van der Waals surface area contributed by atoms with Gasteiger partial charge in [0.15, 0.2) is 0 Å². The summed E-state index contributed by atoms with van der Waals surface area (Å²) < 4.78 is 6.57. The summed E-state index contributed by atoms with van der Waals surface area (Å²) in [5.74, 6) is 0.0830. The zero-order valence-corrected chi connectivity index (χ0v) is 11.1. The first kappa shape index (κ1) is 13.7. The zero-order chi connectivity index (χ0) is 14.5. The van der Waals surface area contributed by atoms with E-state index in [9.17, 15) is 10.1 Å². The summed E-state index contributed by atoms with van der Waals surface area (Å²) in [6.07, 6.45) is 5.53. The summed E-state index contributed by atoms with van der Waals surface area (Å²) in [7, 11) is 3.16. The molecule has 1 N–H and O–H groups in total. The van der Waals surface area contributed by atoms with Gasteiger partial charge in [-0.3, -0.25) is 14.8 Å². The lowest BCUT2D eigenvalue weighted by atomic mass is 10.2. The van der Waals surface area contributed by atoms with Crippen molar-refractivity contribution < 1.29 is 9.66 Å². The van der Waals surface area contributed by atoms with E-state index >= 15 is 0 Å². The van der Waals surface area contributed by atoms with Gasteiger partial charge in [0.1, 0.15) is 6.33 Å². The molecule has 2 rings (SSSR count). The van der Waals surface area contributed by atoms with Crippen LogP contribution in [0.5, 0.6) is 5.88 Å². The predicted molar refractivity (Wildman–Crippen MR) is 70.6 cm³/mol. The van der Waals surface area contributed by atoms with Crippen LogP contribution in [0.4, 0.5) is 11.5 Å². The highest BCUT2D eigenvalue weighted by Gasteiger charge is 2.23. The molecule has 2 aromatic heterocycles. The van der Waals surface area contributed by atoms with Gasteiger partial charge in [-0.2, -0.15) is 10.1 Å². The van der Waals surface area contributed by atoms with Crippen molar-refractivity contribution in [3.8, 4) is 5.88 Å². The van der Waals surface area contributed by atoms with Crippen LogP contribution >= 0.6 is 0 Å². The summed E-state index contributed by atoms with van der Waals surface area (Å²) in [4.78, 5) is 18.1. The minimum Gasteiger partial charge on any atom is -0.476 e. The molecule has 20 heavy (non-hydrogen) atoms. The molecule has 0 fully saturated rings. The van der Waals surface area contributed by atoms with E-state index in [0.29, 0.717) is 13.0 Å². The zero-order valence-electron chi connectivity index (χ0n) is 11.1. The molecule has 0 unspecified atom stereocenters. The maximum Gasteiger partial charge on any atom is 0.372 e. The molecule has 2 heterocycles. The molecule has 9 heteroatoms. The fourth-order valence-electron chi connectivity index (χ4n) is 1.73. The molecular formula is C11H14N6O3. The highest BCUT2D eigenvalue weighted by molar-refractivity contribution is 5.61. The largest absolute Gasteiger partial charge is 0.476 e. The van der Waals surface area contributed by atoms with Gasteiger partial charge in [0.2, 0.25) is 5.82 Å². The number of rotatable bonds is 6. The highest BCUT2D eigenvalue weighted by atomic mass is 16.6. The number of hydrogen-bond acceptors (Lipinski definition) is 7. The Hall–Kier alpha value is -2.71. The molecule has 106 valence electrons. The molecule has 0 aliphatic carbocycles. The van der Waals surface area contributed by atoms with Crippen molar-refractivity contribution in [2.75, 3.05) is 19.0 Å². The van der Waals surface area contributed by atoms with Crippen molar-refractivity contribution in [3.63, 3.8) is 0 Å². The summed E-state index contributed by atoms with van der Waals surface area (Å²) >= 11 is 0. The van der Waals surface area contributed by atoms with Crippen molar-refractivity contribution in [1.29, 1.82) is 0 Å². The van der Waals surface area contributed by atoms with Crippen LogP contribution in [0, 0.1) is 10.1 Å². The van der Waals surface area contributed by atoms with E-state index in [1.165, 1.54) is 13.4 Å². The van der Waals surface area contributed by atoms with E-state index in [4.69, 9.17) is 4.74 Å². The molecule has 0 radical (unpaired) electrons. The van der Waals surface area contributed by atoms with Crippen molar-refractivity contribution in [2.45, 2.75) is 6.42 Å².